The average molecular weight is 504 g/mol. The lowest BCUT2D eigenvalue weighted by molar-refractivity contribution is -0.384. The maximum absolute atomic E-state index is 10.7. The summed E-state index contributed by atoms with van der Waals surface area (Å²) in [6, 6.07) is 17.3. The molecule has 0 N–H and O–H groups in total. The van der Waals surface area contributed by atoms with Crippen molar-refractivity contribution >= 4 is 62.9 Å². The maximum atomic E-state index is 10.7. The van der Waals surface area contributed by atoms with Crippen LogP contribution in [-0.2, 0) is 0 Å². The van der Waals surface area contributed by atoms with Gasteiger partial charge in [-0.15, -0.1) is 0 Å². The Labute approximate surface area is 178 Å². The van der Waals surface area contributed by atoms with Crippen molar-refractivity contribution in [2.45, 2.75) is 0 Å². The summed E-state index contributed by atoms with van der Waals surface area (Å²) in [6.07, 6.45) is 1.64. The van der Waals surface area contributed by atoms with Crippen LogP contribution in [0.1, 0.15) is 5.56 Å². The summed E-state index contributed by atoms with van der Waals surface area (Å²) in [5.41, 5.74) is 3.54. The molecule has 1 heterocycles. The smallest absolute Gasteiger partial charge is 0.269 e. The molecule has 4 aromatic rings. The van der Waals surface area contributed by atoms with Crippen LogP contribution < -0.4 is 0 Å². The van der Waals surface area contributed by atoms with Gasteiger partial charge >= 0.3 is 0 Å². The largest absolute Gasteiger partial charge is 0.436 e. The number of nitro benzene ring substituents is 1. The van der Waals surface area contributed by atoms with E-state index in [1.807, 2.05) is 30.3 Å². The monoisotopic (exact) mass is 503 g/mol. The molecule has 28 heavy (non-hydrogen) atoms. The van der Waals surface area contributed by atoms with Gasteiger partial charge in [-0.25, -0.2) is 4.98 Å². The van der Waals surface area contributed by atoms with E-state index in [2.05, 4.69) is 32.6 Å². The average Bonchev–Trinajstić information content (AvgIpc) is 3.11. The number of hydrogen-bond donors (Lipinski definition) is 0. The molecule has 1 aromatic heterocycles. The molecule has 6 nitrogen and oxygen atoms in total. The molecule has 0 atom stereocenters. The number of nitro groups is 1. The van der Waals surface area contributed by atoms with Crippen LogP contribution in [0.15, 0.2) is 70.1 Å². The van der Waals surface area contributed by atoms with E-state index in [0.29, 0.717) is 27.7 Å². The van der Waals surface area contributed by atoms with Crippen LogP contribution in [0.4, 0.5) is 11.4 Å². The molecule has 0 fully saturated rings. The van der Waals surface area contributed by atoms with Crippen LogP contribution >= 0.6 is 34.2 Å². The van der Waals surface area contributed by atoms with Crippen molar-refractivity contribution in [2.75, 3.05) is 0 Å². The first-order chi connectivity index (χ1) is 13.5. The lowest BCUT2D eigenvalue weighted by Gasteiger charge is -1.99. The third-order valence-electron chi connectivity index (χ3n) is 4.00. The van der Waals surface area contributed by atoms with Crippen molar-refractivity contribution in [3.05, 3.63) is 84.9 Å². The van der Waals surface area contributed by atoms with Gasteiger partial charge < -0.3 is 4.42 Å². The first-order valence-electron chi connectivity index (χ1n) is 8.14. The Hall–Kier alpha value is -2.78. The van der Waals surface area contributed by atoms with E-state index in [-0.39, 0.29) is 5.69 Å². The topological polar surface area (TPSA) is 81.5 Å². The quantitative estimate of drug-likeness (QED) is 0.139. The number of oxazole rings is 1. The number of aromatic nitrogens is 1. The molecule has 0 aliphatic heterocycles. The lowest BCUT2D eigenvalue weighted by atomic mass is 10.2. The maximum Gasteiger partial charge on any atom is 0.269 e. The van der Waals surface area contributed by atoms with Crippen LogP contribution in [0.25, 0.3) is 22.6 Å². The minimum Gasteiger partial charge on any atom is -0.436 e. The van der Waals surface area contributed by atoms with Gasteiger partial charge in [0, 0.05) is 21.9 Å². The number of hydrogen-bond acceptors (Lipinski definition) is 5. The van der Waals surface area contributed by atoms with E-state index in [0.717, 1.165) is 14.7 Å². The standard InChI is InChI=1S/C20H11ClIN3O3/c21-17-7-3-13(22)9-16(17)20-24-18-10-14(4-8-19(18)28-20)23-11-12-1-5-15(6-2-12)25(26)27/h1-11H. The second-order valence-corrected chi connectivity index (χ2v) is 7.55. The van der Waals surface area contributed by atoms with E-state index >= 15 is 0 Å². The molecule has 0 saturated carbocycles. The SMILES string of the molecule is O=[N+]([O-])c1ccc(C=Nc2ccc3oc(-c4cc(I)ccc4Cl)nc3c2)cc1. The van der Waals surface area contributed by atoms with Crippen molar-refractivity contribution in [1.82, 2.24) is 4.98 Å². The van der Waals surface area contributed by atoms with Crippen LogP contribution in [0.2, 0.25) is 5.02 Å². The molecule has 3 aromatic carbocycles. The van der Waals surface area contributed by atoms with Crippen LogP contribution in [-0.4, -0.2) is 16.1 Å². The van der Waals surface area contributed by atoms with Gasteiger partial charge in [-0.1, -0.05) is 11.6 Å². The number of fused-ring (bicyclic) bond motifs is 1. The summed E-state index contributed by atoms with van der Waals surface area (Å²) in [5.74, 6) is 0.454. The number of halogens is 2. The molecule has 0 amide bonds. The molecule has 138 valence electrons. The van der Waals surface area contributed by atoms with Gasteiger partial charge in [0.25, 0.3) is 5.69 Å². The summed E-state index contributed by atoms with van der Waals surface area (Å²) in [4.78, 5) is 19.2. The second-order valence-electron chi connectivity index (χ2n) is 5.90. The molecule has 0 unspecified atom stereocenters. The molecular formula is C20H11ClIN3O3. The molecule has 4 rings (SSSR count). The summed E-state index contributed by atoms with van der Waals surface area (Å²) >= 11 is 8.48. The van der Waals surface area contributed by atoms with Crippen molar-refractivity contribution < 1.29 is 9.34 Å². The summed E-state index contributed by atoms with van der Waals surface area (Å²) < 4.78 is 6.86. The fourth-order valence-corrected chi connectivity index (χ4v) is 3.29. The van der Waals surface area contributed by atoms with Gasteiger partial charge in [0.2, 0.25) is 5.89 Å². The van der Waals surface area contributed by atoms with E-state index in [4.69, 9.17) is 16.0 Å². The van der Waals surface area contributed by atoms with Crippen molar-refractivity contribution in [2.24, 2.45) is 4.99 Å². The summed E-state index contributed by atoms with van der Waals surface area (Å²) in [7, 11) is 0. The van der Waals surface area contributed by atoms with Gasteiger partial charge in [0.15, 0.2) is 5.58 Å². The number of benzene rings is 3. The highest BCUT2D eigenvalue weighted by molar-refractivity contribution is 14.1. The molecule has 0 aliphatic rings. The third-order valence-corrected chi connectivity index (χ3v) is 5.00. The summed E-state index contributed by atoms with van der Waals surface area (Å²) in [5, 5.41) is 11.3. The highest BCUT2D eigenvalue weighted by Crippen LogP contribution is 2.32. The van der Waals surface area contributed by atoms with E-state index in [9.17, 15) is 10.1 Å². The normalized spacial score (nSPS) is 11.4. The van der Waals surface area contributed by atoms with Gasteiger partial charge in [0.1, 0.15) is 5.52 Å². The van der Waals surface area contributed by atoms with Gasteiger partial charge in [0.05, 0.1) is 21.2 Å². The lowest BCUT2D eigenvalue weighted by Crippen LogP contribution is -1.88. The predicted octanol–water partition coefficient (Wildman–Crippen LogP) is 6.41. The zero-order valence-corrected chi connectivity index (χ0v) is 17.1. The van der Waals surface area contributed by atoms with E-state index < -0.39 is 4.92 Å². The Morgan fingerprint density at radius 3 is 2.64 bits per heavy atom. The fourth-order valence-electron chi connectivity index (χ4n) is 2.60. The molecule has 0 saturated heterocycles. The third kappa shape index (κ3) is 3.90. The Kier molecular flexibility index (Phi) is 5.10. The van der Waals surface area contributed by atoms with E-state index in [1.54, 1.807) is 24.4 Å². The highest BCUT2D eigenvalue weighted by Gasteiger charge is 2.12. The molecule has 0 aliphatic carbocycles. The van der Waals surface area contributed by atoms with E-state index in [1.165, 1.54) is 12.1 Å². The van der Waals surface area contributed by atoms with Gasteiger partial charge in [-0.2, -0.15) is 0 Å². The zero-order chi connectivity index (χ0) is 19.7. The number of non-ortho nitro benzene ring substituents is 1. The number of rotatable bonds is 4. The Morgan fingerprint density at radius 2 is 1.89 bits per heavy atom. The summed E-state index contributed by atoms with van der Waals surface area (Å²) in [6.45, 7) is 0. The Balaban J connectivity index is 1.63. The molecule has 0 spiro atoms. The van der Waals surface area contributed by atoms with Gasteiger partial charge in [-0.05, 0) is 76.7 Å². The minimum atomic E-state index is -0.434. The minimum absolute atomic E-state index is 0.0444. The fraction of sp³-hybridized carbons (Fsp3) is 0. The molecule has 0 bridgehead atoms. The van der Waals surface area contributed by atoms with Crippen molar-refractivity contribution in [1.29, 1.82) is 0 Å². The van der Waals surface area contributed by atoms with Crippen LogP contribution in [0, 0.1) is 13.7 Å². The molecule has 0 radical (unpaired) electrons. The van der Waals surface area contributed by atoms with Crippen molar-refractivity contribution in [3.63, 3.8) is 0 Å². The number of nitrogens with zero attached hydrogens (tertiary/aromatic N) is 3. The van der Waals surface area contributed by atoms with Crippen LogP contribution in [0.3, 0.4) is 0 Å². The number of aliphatic imine (C=N–C) groups is 1. The first kappa shape index (κ1) is 18.6. The zero-order valence-electron chi connectivity index (χ0n) is 14.2. The van der Waals surface area contributed by atoms with Crippen LogP contribution in [0.5, 0.6) is 0 Å². The Bertz CT molecular complexity index is 1220. The predicted molar refractivity (Wildman–Crippen MR) is 118 cm³/mol. The molecule has 8 heteroatoms. The molecular weight excluding hydrogens is 493 g/mol. The highest BCUT2D eigenvalue weighted by atomic mass is 127. The Morgan fingerprint density at radius 1 is 1.11 bits per heavy atom. The van der Waals surface area contributed by atoms with Crippen molar-refractivity contribution in [3.8, 4) is 11.5 Å². The van der Waals surface area contributed by atoms with Gasteiger partial charge in [-0.3, -0.25) is 15.1 Å². The first-order valence-corrected chi connectivity index (χ1v) is 9.60. The second kappa shape index (κ2) is 7.69.